The molecule has 2 amide bonds. The molecule has 8 heteroatoms. The molecule has 0 saturated carbocycles. The lowest BCUT2D eigenvalue weighted by molar-refractivity contribution is -0.120. The SMILES string of the molecule is CCN(CC)C(=O)c1ccc(NC(=O)CO/N=C(\N)c2ccc(F)cc2)cc1. The van der Waals surface area contributed by atoms with Crippen molar-refractivity contribution < 1.29 is 18.8 Å². The highest BCUT2D eigenvalue weighted by Gasteiger charge is 2.12. The largest absolute Gasteiger partial charge is 0.384 e. The molecule has 148 valence electrons. The smallest absolute Gasteiger partial charge is 0.265 e. The van der Waals surface area contributed by atoms with Crippen LogP contribution in [0.4, 0.5) is 10.1 Å². The van der Waals surface area contributed by atoms with Crippen molar-refractivity contribution in [2.45, 2.75) is 13.8 Å². The third kappa shape index (κ3) is 5.80. The summed E-state index contributed by atoms with van der Waals surface area (Å²) in [5, 5.41) is 6.28. The lowest BCUT2D eigenvalue weighted by Crippen LogP contribution is -2.30. The number of benzene rings is 2. The summed E-state index contributed by atoms with van der Waals surface area (Å²) in [6.45, 7) is 4.75. The number of amides is 2. The van der Waals surface area contributed by atoms with Gasteiger partial charge < -0.3 is 20.8 Å². The maximum Gasteiger partial charge on any atom is 0.265 e. The first kappa shape index (κ1) is 20.9. The van der Waals surface area contributed by atoms with Crippen molar-refractivity contribution in [1.29, 1.82) is 0 Å². The molecule has 0 atom stereocenters. The predicted molar refractivity (Wildman–Crippen MR) is 105 cm³/mol. The van der Waals surface area contributed by atoms with E-state index in [9.17, 15) is 14.0 Å². The highest BCUT2D eigenvalue weighted by molar-refractivity contribution is 5.97. The van der Waals surface area contributed by atoms with Gasteiger partial charge in [0.15, 0.2) is 12.4 Å². The molecule has 7 nitrogen and oxygen atoms in total. The van der Waals surface area contributed by atoms with E-state index in [1.165, 1.54) is 24.3 Å². The molecule has 0 heterocycles. The van der Waals surface area contributed by atoms with E-state index in [0.29, 0.717) is 29.9 Å². The van der Waals surface area contributed by atoms with Gasteiger partial charge in [-0.3, -0.25) is 9.59 Å². The number of anilines is 1. The van der Waals surface area contributed by atoms with Gasteiger partial charge in [0.05, 0.1) is 0 Å². The van der Waals surface area contributed by atoms with E-state index in [4.69, 9.17) is 10.6 Å². The van der Waals surface area contributed by atoms with Crippen molar-refractivity contribution in [3.8, 4) is 0 Å². The van der Waals surface area contributed by atoms with E-state index in [2.05, 4.69) is 10.5 Å². The fraction of sp³-hybridized carbons (Fsp3) is 0.250. The highest BCUT2D eigenvalue weighted by Crippen LogP contribution is 2.12. The van der Waals surface area contributed by atoms with Crippen LogP contribution in [0.15, 0.2) is 53.7 Å². The van der Waals surface area contributed by atoms with Crippen LogP contribution in [0.2, 0.25) is 0 Å². The van der Waals surface area contributed by atoms with Crippen LogP contribution in [0.3, 0.4) is 0 Å². The Morgan fingerprint density at radius 1 is 1.04 bits per heavy atom. The van der Waals surface area contributed by atoms with Crippen molar-refractivity contribution >= 4 is 23.3 Å². The van der Waals surface area contributed by atoms with Crippen molar-refractivity contribution in [3.63, 3.8) is 0 Å². The van der Waals surface area contributed by atoms with E-state index >= 15 is 0 Å². The molecule has 2 aromatic rings. The first-order valence-corrected chi connectivity index (χ1v) is 8.85. The minimum Gasteiger partial charge on any atom is -0.384 e. The van der Waals surface area contributed by atoms with Crippen LogP contribution in [-0.4, -0.2) is 42.2 Å². The summed E-state index contributed by atoms with van der Waals surface area (Å²) in [5.74, 6) is -0.843. The van der Waals surface area contributed by atoms with E-state index in [1.807, 2.05) is 13.8 Å². The molecule has 0 radical (unpaired) electrons. The Balaban J connectivity index is 1.86. The highest BCUT2D eigenvalue weighted by atomic mass is 19.1. The molecule has 0 bridgehead atoms. The van der Waals surface area contributed by atoms with Crippen LogP contribution in [-0.2, 0) is 9.63 Å². The molecule has 2 rings (SSSR count). The summed E-state index contributed by atoms with van der Waals surface area (Å²) in [6, 6.07) is 12.0. The van der Waals surface area contributed by atoms with Gasteiger partial charge in [-0.15, -0.1) is 0 Å². The summed E-state index contributed by atoms with van der Waals surface area (Å²) in [7, 11) is 0. The number of amidine groups is 1. The van der Waals surface area contributed by atoms with Crippen molar-refractivity contribution in [1.82, 2.24) is 4.90 Å². The Bertz CT molecular complexity index is 832. The zero-order chi connectivity index (χ0) is 20.5. The third-order valence-corrected chi connectivity index (χ3v) is 3.96. The van der Waals surface area contributed by atoms with Gasteiger partial charge in [-0.05, 0) is 62.4 Å². The second-order valence-electron chi connectivity index (χ2n) is 5.86. The average molecular weight is 386 g/mol. The zero-order valence-corrected chi connectivity index (χ0v) is 15.8. The monoisotopic (exact) mass is 386 g/mol. The first-order valence-electron chi connectivity index (χ1n) is 8.85. The minimum absolute atomic E-state index is 0.0343. The number of hydrogen-bond acceptors (Lipinski definition) is 4. The van der Waals surface area contributed by atoms with Crippen LogP contribution in [0, 0.1) is 5.82 Å². The number of carbonyl (C=O) groups is 2. The summed E-state index contributed by atoms with van der Waals surface area (Å²) in [4.78, 5) is 30.8. The average Bonchev–Trinajstić information content (AvgIpc) is 2.69. The van der Waals surface area contributed by atoms with Crippen LogP contribution in [0.1, 0.15) is 29.8 Å². The molecule has 3 N–H and O–H groups in total. The summed E-state index contributed by atoms with van der Waals surface area (Å²) < 4.78 is 12.9. The number of rotatable bonds is 8. The van der Waals surface area contributed by atoms with E-state index in [0.717, 1.165) is 0 Å². The molecule has 0 unspecified atom stereocenters. The summed E-state index contributed by atoms with van der Waals surface area (Å²) in [5.41, 5.74) is 7.27. The van der Waals surface area contributed by atoms with Crippen LogP contribution in [0.5, 0.6) is 0 Å². The summed E-state index contributed by atoms with van der Waals surface area (Å²) in [6.07, 6.45) is 0. The number of hydrogen-bond donors (Lipinski definition) is 2. The van der Waals surface area contributed by atoms with Gasteiger partial charge in [0, 0.05) is 29.9 Å². The number of carbonyl (C=O) groups excluding carboxylic acids is 2. The standard InChI is InChI=1S/C20H23FN4O3/c1-3-25(4-2)20(27)15-7-11-17(12-8-15)23-18(26)13-28-24-19(22)14-5-9-16(21)10-6-14/h5-12H,3-4,13H2,1-2H3,(H2,22,24)(H,23,26). The molecular weight excluding hydrogens is 363 g/mol. The minimum atomic E-state index is -0.432. The molecule has 0 saturated heterocycles. The Labute approximate surface area is 163 Å². The van der Waals surface area contributed by atoms with Gasteiger partial charge in [-0.25, -0.2) is 4.39 Å². The van der Waals surface area contributed by atoms with Gasteiger partial charge in [0.25, 0.3) is 11.8 Å². The Morgan fingerprint density at radius 3 is 2.18 bits per heavy atom. The molecule has 0 aliphatic heterocycles. The topological polar surface area (TPSA) is 97.0 Å². The van der Waals surface area contributed by atoms with Crippen molar-refractivity contribution in [2.24, 2.45) is 10.9 Å². The first-order chi connectivity index (χ1) is 13.4. The molecular formula is C20H23FN4O3. The third-order valence-electron chi connectivity index (χ3n) is 3.96. The van der Waals surface area contributed by atoms with Crippen molar-refractivity contribution in [3.05, 3.63) is 65.5 Å². The number of oxime groups is 1. The predicted octanol–water partition coefficient (Wildman–Crippen LogP) is 2.58. The van der Waals surface area contributed by atoms with Gasteiger partial charge in [0.2, 0.25) is 0 Å². The molecule has 0 spiro atoms. The lowest BCUT2D eigenvalue weighted by Gasteiger charge is -2.18. The number of nitrogens with zero attached hydrogens (tertiary/aromatic N) is 2. The molecule has 28 heavy (non-hydrogen) atoms. The second kappa shape index (κ2) is 10.1. The maximum atomic E-state index is 12.9. The fourth-order valence-corrected chi connectivity index (χ4v) is 2.42. The number of halogens is 1. The van der Waals surface area contributed by atoms with Crippen molar-refractivity contribution in [2.75, 3.05) is 25.0 Å². The second-order valence-corrected chi connectivity index (χ2v) is 5.86. The van der Waals surface area contributed by atoms with E-state index < -0.39 is 5.91 Å². The fourth-order valence-electron chi connectivity index (χ4n) is 2.42. The summed E-state index contributed by atoms with van der Waals surface area (Å²) >= 11 is 0. The van der Waals surface area contributed by atoms with Gasteiger partial charge in [0.1, 0.15) is 5.82 Å². The molecule has 2 aromatic carbocycles. The Kier molecular flexibility index (Phi) is 7.50. The molecule has 0 aliphatic carbocycles. The maximum absolute atomic E-state index is 12.9. The van der Waals surface area contributed by atoms with Gasteiger partial charge >= 0.3 is 0 Å². The van der Waals surface area contributed by atoms with Gasteiger partial charge in [-0.2, -0.15) is 0 Å². The number of nitrogens with one attached hydrogen (secondary N) is 1. The van der Waals surface area contributed by atoms with Crippen LogP contribution < -0.4 is 11.1 Å². The molecule has 0 fully saturated rings. The normalized spacial score (nSPS) is 11.0. The molecule has 0 aliphatic rings. The van der Waals surface area contributed by atoms with E-state index in [1.54, 1.807) is 29.2 Å². The van der Waals surface area contributed by atoms with Crippen LogP contribution >= 0.6 is 0 Å². The quantitative estimate of drug-likeness (QED) is 0.414. The Morgan fingerprint density at radius 2 is 1.61 bits per heavy atom. The zero-order valence-electron chi connectivity index (χ0n) is 15.8. The number of nitrogens with two attached hydrogens (primary N) is 1. The van der Waals surface area contributed by atoms with Gasteiger partial charge in [-0.1, -0.05) is 5.16 Å². The molecule has 0 aromatic heterocycles. The Hall–Kier alpha value is -3.42. The van der Waals surface area contributed by atoms with Crippen LogP contribution in [0.25, 0.3) is 0 Å². The van der Waals surface area contributed by atoms with E-state index in [-0.39, 0.29) is 24.2 Å². The lowest BCUT2D eigenvalue weighted by atomic mass is 10.2.